The van der Waals surface area contributed by atoms with Gasteiger partial charge in [0.1, 0.15) is 0 Å². The third-order valence-corrected chi connectivity index (χ3v) is 4.47. The van der Waals surface area contributed by atoms with E-state index in [1.807, 2.05) is 4.90 Å². The lowest BCUT2D eigenvalue weighted by Gasteiger charge is -2.41. The van der Waals surface area contributed by atoms with E-state index >= 15 is 0 Å². The molecule has 0 bridgehead atoms. The van der Waals surface area contributed by atoms with E-state index in [2.05, 4.69) is 0 Å². The maximum Gasteiger partial charge on any atom is 0.230 e. The summed E-state index contributed by atoms with van der Waals surface area (Å²) in [4.78, 5) is 14.7. The number of nitrogens with zero attached hydrogens (tertiary/aromatic N) is 1. The van der Waals surface area contributed by atoms with Crippen molar-refractivity contribution in [3.05, 3.63) is 0 Å². The van der Waals surface area contributed by atoms with E-state index in [-0.39, 0.29) is 18.6 Å². The zero-order valence-electron chi connectivity index (χ0n) is 12.1. The van der Waals surface area contributed by atoms with Crippen molar-refractivity contribution in [1.82, 2.24) is 4.90 Å². The number of ether oxygens (including phenoxy) is 2. The molecule has 0 unspecified atom stereocenters. The van der Waals surface area contributed by atoms with Crippen molar-refractivity contribution >= 4 is 5.91 Å². The molecular formula is C14H26N2O4. The summed E-state index contributed by atoms with van der Waals surface area (Å²) < 4.78 is 10.9. The van der Waals surface area contributed by atoms with Crippen LogP contribution in [0.4, 0.5) is 0 Å². The molecule has 2 heterocycles. The van der Waals surface area contributed by atoms with Crippen molar-refractivity contribution in [2.24, 2.45) is 11.1 Å². The molecular weight excluding hydrogens is 260 g/mol. The summed E-state index contributed by atoms with van der Waals surface area (Å²) in [5.74, 6) is 0.184. The molecule has 2 rings (SSSR count). The summed E-state index contributed by atoms with van der Waals surface area (Å²) in [5, 5.41) is 8.76. The van der Waals surface area contributed by atoms with Crippen LogP contribution in [-0.4, -0.2) is 68.1 Å². The second-order valence-electron chi connectivity index (χ2n) is 5.68. The molecule has 0 aromatic rings. The summed E-state index contributed by atoms with van der Waals surface area (Å²) in [7, 11) is 0. The topological polar surface area (TPSA) is 85.0 Å². The number of amides is 1. The Morgan fingerprint density at radius 2 is 2.00 bits per heavy atom. The Morgan fingerprint density at radius 1 is 1.35 bits per heavy atom. The highest BCUT2D eigenvalue weighted by Gasteiger charge is 2.42. The molecule has 20 heavy (non-hydrogen) atoms. The van der Waals surface area contributed by atoms with Crippen molar-refractivity contribution in [1.29, 1.82) is 0 Å². The van der Waals surface area contributed by atoms with Gasteiger partial charge in [-0.05, 0) is 25.7 Å². The Balaban J connectivity index is 1.87. The number of aliphatic hydroxyl groups excluding tert-OH is 1. The highest BCUT2D eigenvalue weighted by atomic mass is 16.5. The first kappa shape index (κ1) is 15.7. The highest BCUT2D eigenvalue weighted by molar-refractivity contribution is 5.83. The minimum Gasteiger partial charge on any atom is -0.394 e. The van der Waals surface area contributed by atoms with Gasteiger partial charge < -0.3 is 25.2 Å². The number of likely N-dealkylation sites (tertiary alicyclic amines) is 1. The smallest absolute Gasteiger partial charge is 0.230 e. The largest absolute Gasteiger partial charge is 0.394 e. The second kappa shape index (κ2) is 7.36. The van der Waals surface area contributed by atoms with Gasteiger partial charge in [0.15, 0.2) is 0 Å². The summed E-state index contributed by atoms with van der Waals surface area (Å²) in [6.07, 6.45) is 3.29. The lowest BCUT2D eigenvalue weighted by Crippen LogP contribution is -2.53. The van der Waals surface area contributed by atoms with Gasteiger partial charge in [-0.25, -0.2) is 0 Å². The van der Waals surface area contributed by atoms with E-state index in [1.165, 1.54) is 0 Å². The molecule has 6 nitrogen and oxygen atoms in total. The maximum absolute atomic E-state index is 12.7. The van der Waals surface area contributed by atoms with E-state index in [0.717, 1.165) is 38.8 Å². The lowest BCUT2D eigenvalue weighted by atomic mass is 9.78. The van der Waals surface area contributed by atoms with Crippen LogP contribution in [0, 0.1) is 5.41 Å². The first-order chi connectivity index (χ1) is 9.72. The van der Waals surface area contributed by atoms with Crippen molar-refractivity contribution in [3.8, 4) is 0 Å². The van der Waals surface area contributed by atoms with Crippen LogP contribution in [-0.2, 0) is 14.3 Å². The predicted octanol–water partition coefficient (Wildman–Crippen LogP) is -0.258. The molecule has 2 aliphatic rings. The Hall–Kier alpha value is -0.690. The zero-order chi connectivity index (χ0) is 14.4. The van der Waals surface area contributed by atoms with Crippen molar-refractivity contribution in [2.45, 2.75) is 31.8 Å². The van der Waals surface area contributed by atoms with Gasteiger partial charge in [-0.3, -0.25) is 4.79 Å². The Morgan fingerprint density at radius 3 is 2.55 bits per heavy atom. The normalized spacial score (nSPS) is 23.8. The number of carbonyl (C=O) groups is 1. The minimum atomic E-state index is -0.420. The number of rotatable bonds is 5. The zero-order valence-corrected chi connectivity index (χ0v) is 12.1. The van der Waals surface area contributed by atoms with E-state index in [4.69, 9.17) is 20.3 Å². The van der Waals surface area contributed by atoms with Crippen LogP contribution in [0.2, 0.25) is 0 Å². The fourth-order valence-corrected chi connectivity index (χ4v) is 3.05. The predicted molar refractivity (Wildman–Crippen MR) is 74.2 cm³/mol. The number of aliphatic hydroxyl groups is 1. The van der Waals surface area contributed by atoms with Gasteiger partial charge in [0.2, 0.25) is 5.91 Å². The first-order valence-electron chi connectivity index (χ1n) is 7.51. The van der Waals surface area contributed by atoms with Gasteiger partial charge in [-0.2, -0.15) is 0 Å². The Kier molecular flexibility index (Phi) is 5.77. The molecule has 116 valence electrons. The average molecular weight is 286 g/mol. The summed E-state index contributed by atoms with van der Waals surface area (Å²) in [6.45, 7) is 3.52. The van der Waals surface area contributed by atoms with Gasteiger partial charge >= 0.3 is 0 Å². The molecule has 0 aromatic carbocycles. The molecule has 6 heteroatoms. The van der Waals surface area contributed by atoms with Gasteiger partial charge in [-0.15, -0.1) is 0 Å². The van der Waals surface area contributed by atoms with Gasteiger partial charge in [0.25, 0.3) is 0 Å². The number of hydrogen-bond acceptors (Lipinski definition) is 5. The van der Waals surface area contributed by atoms with Crippen LogP contribution < -0.4 is 5.73 Å². The third-order valence-electron chi connectivity index (χ3n) is 4.47. The van der Waals surface area contributed by atoms with Gasteiger partial charge in [-0.1, -0.05) is 0 Å². The number of nitrogens with two attached hydrogens (primary N) is 1. The molecule has 2 saturated heterocycles. The van der Waals surface area contributed by atoms with Crippen LogP contribution >= 0.6 is 0 Å². The molecule has 0 atom stereocenters. The van der Waals surface area contributed by atoms with Gasteiger partial charge in [0.05, 0.1) is 24.7 Å². The van der Waals surface area contributed by atoms with Crippen LogP contribution in [0.15, 0.2) is 0 Å². The molecule has 2 fully saturated rings. The number of carbonyl (C=O) groups excluding carboxylic acids is 1. The summed E-state index contributed by atoms with van der Waals surface area (Å²) in [6, 6.07) is 0. The lowest BCUT2D eigenvalue weighted by molar-refractivity contribution is -0.150. The van der Waals surface area contributed by atoms with E-state index in [1.54, 1.807) is 0 Å². The van der Waals surface area contributed by atoms with Gasteiger partial charge in [0, 0.05) is 32.8 Å². The molecule has 0 spiro atoms. The molecule has 0 saturated carbocycles. The fourth-order valence-electron chi connectivity index (χ4n) is 3.05. The number of hydrogen-bond donors (Lipinski definition) is 2. The Bertz CT molecular complexity index is 310. The van der Waals surface area contributed by atoms with E-state index in [9.17, 15) is 4.79 Å². The van der Waals surface area contributed by atoms with Crippen LogP contribution in [0.1, 0.15) is 25.7 Å². The SMILES string of the molecule is NCC1(C(=O)N2CCC(OCCO)CC2)CCOCC1. The van der Waals surface area contributed by atoms with Crippen molar-refractivity contribution < 1.29 is 19.4 Å². The number of piperidine rings is 1. The van der Waals surface area contributed by atoms with Crippen molar-refractivity contribution in [2.75, 3.05) is 46.1 Å². The van der Waals surface area contributed by atoms with Crippen LogP contribution in [0.3, 0.4) is 0 Å². The van der Waals surface area contributed by atoms with E-state index in [0.29, 0.717) is 26.4 Å². The molecule has 0 radical (unpaired) electrons. The first-order valence-corrected chi connectivity index (χ1v) is 7.51. The molecule has 0 aromatic heterocycles. The highest BCUT2D eigenvalue weighted by Crippen LogP contribution is 2.32. The molecule has 2 aliphatic heterocycles. The monoisotopic (exact) mass is 286 g/mol. The fraction of sp³-hybridized carbons (Fsp3) is 0.929. The average Bonchev–Trinajstić information content (AvgIpc) is 2.53. The van der Waals surface area contributed by atoms with Crippen molar-refractivity contribution in [3.63, 3.8) is 0 Å². The minimum absolute atomic E-state index is 0.0510. The van der Waals surface area contributed by atoms with Crippen LogP contribution in [0.5, 0.6) is 0 Å². The van der Waals surface area contributed by atoms with E-state index < -0.39 is 5.41 Å². The molecule has 0 aliphatic carbocycles. The third kappa shape index (κ3) is 3.49. The summed E-state index contributed by atoms with van der Waals surface area (Å²) in [5.41, 5.74) is 5.46. The second-order valence-corrected chi connectivity index (χ2v) is 5.68. The molecule has 3 N–H and O–H groups in total. The quantitative estimate of drug-likeness (QED) is 0.727. The maximum atomic E-state index is 12.7. The standard InChI is InChI=1S/C14H26N2O4/c15-11-14(3-8-19-9-4-14)13(18)16-5-1-12(2-6-16)20-10-7-17/h12,17H,1-11,15H2. The van der Waals surface area contributed by atoms with Crippen LogP contribution in [0.25, 0.3) is 0 Å². The summed E-state index contributed by atoms with van der Waals surface area (Å²) >= 11 is 0. The molecule has 1 amide bonds. The Labute approximate surface area is 120 Å².